The number of carbonyl (C=O) groups excluding carboxylic acids is 1. The second-order valence-electron chi connectivity index (χ2n) is 8.95. The SMILES string of the molecule is CCC(Oc1cc(Cn2c(C)c(C(=O)c3ccc(OC)cc3)c3ccc(OC(F)(F)F)cc32)ccc1F)C(=O)O. The molecule has 0 saturated carbocycles. The molecular weight excluding hydrogens is 534 g/mol. The van der Waals surface area contributed by atoms with Gasteiger partial charge in [-0.3, -0.25) is 4.79 Å². The number of hydrogen-bond acceptors (Lipinski definition) is 5. The number of alkyl halides is 3. The lowest BCUT2D eigenvalue weighted by molar-refractivity contribution is -0.274. The molecule has 0 amide bonds. The minimum atomic E-state index is -4.93. The van der Waals surface area contributed by atoms with E-state index in [1.165, 1.54) is 31.4 Å². The van der Waals surface area contributed by atoms with Gasteiger partial charge in [0.05, 0.1) is 18.2 Å². The van der Waals surface area contributed by atoms with Crippen LogP contribution in [0, 0.1) is 12.7 Å². The molecule has 0 aliphatic carbocycles. The van der Waals surface area contributed by atoms with E-state index in [1.54, 1.807) is 42.7 Å². The van der Waals surface area contributed by atoms with Crippen LogP contribution in [0.5, 0.6) is 17.2 Å². The lowest BCUT2D eigenvalue weighted by Crippen LogP contribution is -2.26. The molecule has 4 aromatic rings. The Kier molecular flexibility index (Phi) is 8.03. The molecule has 0 radical (unpaired) electrons. The fourth-order valence-corrected chi connectivity index (χ4v) is 4.41. The molecule has 0 aliphatic heterocycles. The Labute approximate surface area is 226 Å². The predicted molar refractivity (Wildman–Crippen MR) is 138 cm³/mol. The first-order chi connectivity index (χ1) is 18.9. The number of methoxy groups -OCH3 is 1. The number of rotatable bonds is 10. The van der Waals surface area contributed by atoms with Crippen molar-refractivity contribution in [2.45, 2.75) is 39.3 Å². The van der Waals surface area contributed by atoms with Crippen LogP contribution in [0.15, 0.2) is 60.7 Å². The van der Waals surface area contributed by atoms with Gasteiger partial charge in [-0.25, -0.2) is 9.18 Å². The molecule has 1 heterocycles. The number of carboxylic acid groups (broad SMARTS) is 1. The van der Waals surface area contributed by atoms with Crippen LogP contribution >= 0.6 is 0 Å². The van der Waals surface area contributed by atoms with Gasteiger partial charge >= 0.3 is 12.3 Å². The van der Waals surface area contributed by atoms with E-state index in [0.29, 0.717) is 28.0 Å². The number of carboxylic acids is 1. The van der Waals surface area contributed by atoms with Gasteiger partial charge in [0, 0.05) is 29.3 Å². The third-order valence-corrected chi connectivity index (χ3v) is 6.36. The zero-order chi connectivity index (χ0) is 29.2. The molecule has 11 heteroatoms. The first-order valence-corrected chi connectivity index (χ1v) is 12.2. The number of ketones is 1. The Bertz CT molecular complexity index is 1560. The summed E-state index contributed by atoms with van der Waals surface area (Å²) in [7, 11) is 1.49. The van der Waals surface area contributed by atoms with Crippen LogP contribution in [0.2, 0.25) is 0 Å². The molecule has 1 aromatic heterocycles. The first-order valence-electron chi connectivity index (χ1n) is 12.2. The zero-order valence-electron chi connectivity index (χ0n) is 21.7. The molecule has 7 nitrogen and oxygen atoms in total. The molecule has 40 heavy (non-hydrogen) atoms. The van der Waals surface area contributed by atoms with E-state index in [0.717, 1.165) is 12.1 Å². The number of halogens is 4. The Morgan fingerprint density at radius 1 is 1.00 bits per heavy atom. The second kappa shape index (κ2) is 11.3. The highest BCUT2D eigenvalue weighted by Crippen LogP contribution is 2.34. The van der Waals surface area contributed by atoms with Gasteiger partial charge in [0.25, 0.3) is 0 Å². The van der Waals surface area contributed by atoms with Gasteiger partial charge in [-0.05, 0) is 67.4 Å². The van der Waals surface area contributed by atoms with Crippen LogP contribution in [0.1, 0.15) is 40.5 Å². The van der Waals surface area contributed by atoms with Gasteiger partial charge in [0.1, 0.15) is 11.5 Å². The predicted octanol–water partition coefficient (Wildman–Crippen LogP) is 6.52. The van der Waals surface area contributed by atoms with Crippen molar-refractivity contribution >= 4 is 22.7 Å². The second-order valence-corrected chi connectivity index (χ2v) is 8.95. The Hall–Kier alpha value is -4.54. The molecule has 4 rings (SSSR count). The molecular formula is C29H25F4NO6. The fourth-order valence-electron chi connectivity index (χ4n) is 4.41. The van der Waals surface area contributed by atoms with Crippen molar-refractivity contribution in [3.05, 3.63) is 88.9 Å². The summed E-state index contributed by atoms with van der Waals surface area (Å²) in [5, 5.41) is 9.68. The van der Waals surface area contributed by atoms with Crippen LogP contribution in [0.25, 0.3) is 10.9 Å². The number of benzene rings is 3. The van der Waals surface area contributed by atoms with Gasteiger partial charge in [0.15, 0.2) is 23.5 Å². The van der Waals surface area contributed by atoms with Crippen molar-refractivity contribution in [1.82, 2.24) is 4.57 Å². The van der Waals surface area contributed by atoms with Crippen molar-refractivity contribution in [2.24, 2.45) is 0 Å². The molecule has 0 spiro atoms. The van der Waals surface area contributed by atoms with Crippen LogP contribution in [0.3, 0.4) is 0 Å². The van der Waals surface area contributed by atoms with Gasteiger partial charge in [-0.15, -0.1) is 13.2 Å². The number of aliphatic carboxylic acids is 1. The van der Waals surface area contributed by atoms with Crippen LogP contribution < -0.4 is 14.2 Å². The van der Waals surface area contributed by atoms with Crippen molar-refractivity contribution in [2.75, 3.05) is 7.11 Å². The summed E-state index contributed by atoms with van der Waals surface area (Å²) < 4.78 is 69.6. The van der Waals surface area contributed by atoms with E-state index in [4.69, 9.17) is 9.47 Å². The highest BCUT2D eigenvalue weighted by Gasteiger charge is 2.32. The fraction of sp³-hybridized carbons (Fsp3) is 0.241. The Morgan fingerprint density at radius 3 is 2.27 bits per heavy atom. The monoisotopic (exact) mass is 559 g/mol. The molecule has 0 aliphatic rings. The number of fused-ring (bicyclic) bond motifs is 1. The Morgan fingerprint density at radius 2 is 1.68 bits per heavy atom. The average Bonchev–Trinajstić information content (AvgIpc) is 3.17. The van der Waals surface area contributed by atoms with E-state index in [1.807, 2.05) is 0 Å². The van der Waals surface area contributed by atoms with E-state index in [2.05, 4.69) is 4.74 Å². The van der Waals surface area contributed by atoms with Gasteiger partial charge in [-0.2, -0.15) is 0 Å². The number of carbonyl (C=O) groups is 2. The molecule has 0 saturated heterocycles. The summed E-state index contributed by atoms with van der Waals surface area (Å²) in [5.74, 6) is -2.59. The van der Waals surface area contributed by atoms with Crippen LogP contribution in [-0.4, -0.2) is 41.0 Å². The molecule has 3 aromatic carbocycles. The summed E-state index contributed by atoms with van der Waals surface area (Å²) in [6, 6.07) is 14.0. The van der Waals surface area contributed by atoms with E-state index in [9.17, 15) is 32.3 Å². The lowest BCUT2D eigenvalue weighted by Gasteiger charge is -2.16. The largest absolute Gasteiger partial charge is 0.573 e. The highest BCUT2D eigenvalue weighted by atomic mass is 19.4. The number of ether oxygens (including phenoxy) is 3. The summed E-state index contributed by atoms with van der Waals surface area (Å²) in [5.41, 5.74) is 1.80. The van der Waals surface area contributed by atoms with Gasteiger partial charge in [-0.1, -0.05) is 13.0 Å². The third kappa shape index (κ3) is 6.03. The molecule has 210 valence electrons. The maximum Gasteiger partial charge on any atom is 0.573 e. The maximum atomic E-state index is 14.5. The van der Waals surface area contributed by atoms with Crippen molar-refractivity contribution < 1.29 is 46.5 Å². The summed E-state index contributed by atoms with van der Waals surface area (Å²) >= 11 is 0. The summed E-state index contributed by atoms with van der Waals surface area (Å²) in [6.07, 6.45) is -6.10. The molecule has 0 fully saturated rings. The minimum absolute atomic E-state index is 0.00814. The van der Waals surface area contributed by atoms with Gasteiger partial charge < -0.3 is 23.9 Å². The van der Waals surface area contributed by atoms with Crippen LogP contribution in [0.4, 0.5) is 17.6 Å². The van der Waals surface area contributed by atoms with E-state index in [-0.39, 0.29) is 35.6 Å². The van der Waals surface area contributed by atoms with Crippen molar-refractivity contribution in [3.63, 3.8) is 0 Å². The molecule has 0 bridgehead atoms. The van der Waals surface area contributed by atoms with E-state index >= 15 is 0 Å². The zero-order valence-corrected chi connectivity index (χ0v) is 21.7. The minimum Gasteiger partial charge on any atom is -0.497 e. The quantitative estimate of drug-likeness (QED) is 0.176. The standard InChI is InChI=1S/C29H25F4NO6/c1-4-24(28(36)37)39-25-13-17(5-12-22(25)30)15-34-16(2)26(27(35)18-6-8-19(38-3)9-7-18)21-11-10-20(14-23(21)34)40-29(31,32)33/h5-14,24H,4,15H2,1-3H3,(H,36,37). The first kappa shape index (κ1) is 28.5. The van der Waals surface area contributed by atoms with Crippen molar-refractivity contribution in [1.29, 1.82) is 0 Å². The van der Waals surface area contributed by atoms with Crippen LogP contribution in [-0.2, 0) is 11.3 Å². The maximum absolute atomic E-state index is 14.5. The number of aromatic nitrogens is 1. The normalized spacial score (nSPS) is 12.3. The highest BCUT2D eigenvalue weighted by molar-refractivity contribution is 6.17. The smallest absolute Gasteiger partial charge is 0.497 e. The number of hydrogen-bond donors (Lipinski definition) is 1. The molecule has 1 N–H and O–H groups in total. The lowest BCUT2D eigenvalue weighted by atomic mass is 10.0. The summed E-state index contributed by atoms with van der Waals surface area (Å²) in [4.78, 5) is 25.0. The molecule has 1 unspecified atom stereocenters. The molecule has 1 atom stereocenters. The summed E-state index contributed by atoms with van der Waals surface area (Å²) in [6.45, 7) is 3.24. The Balaban J connectivity index is 1.82. The van der Waals surface area contributed by atoms with E-state index < -0.39 is 30.0 Å². The third-order valence-electron chi connectivity index (χ3n) is 6.36. The van der Waals surface area contributed by atoms with Gasteiger partial charge in [0.2, 0.25) is 0 Å². The van der Waals surface area contributed by atoms with Crippen molar-refractivity contribution in [3.8, 4) is 17.2 Å². The average molecular weight is 560 g/mol. The topological polar surface area (TPSA) is 87.0 Å². The number of nitrogens with zero attached hydrogens (tertiary/aromatic N) is 1.